The summed E-state index contributed by atoms with van der Waals surface area (Å²) >= 11 is 0. The molecule has 2 rings (SSSR count). The van der Waals surface area contributed by atoms with Crippen molar-refractivity contribution >= 4 is 5.78 Å². The Balaban J connectivity index is 2.28. The van der Waals surface area contributed by atoms with Crippen LogP contribution in [0, 0.1) is 11.8 Å². The summed E-state index contributed by atoms with van der Waals surface area (Å²) in [6.07, 6.45) is 0. The second-order valence-electron chi connectivity index (χ2n) is 4.01. The summed E-state index contributed by atoms with van der Waals surface area (Å²) in [5.74, 6) is 6.26. The maximum Gasteiger partial charge on any atom is 0.239 e. The van der Waals surface area contributed by atoms with Gasteiger partial charge in [-0.3, -0.25) is 4.79 Å². The number of hydrogen-bond donors (Lipinski definition) is 0. The number of rotatable bonds is 3. The number of ether oxygens (including phenoxy) is 2. The van der Waals surface area contributed by atoms with Crippen LogP contribution in [0.25, 0.3) is 0 Å². The van der Waals surface area contributed by atoms with Gasteiger partial charge in [0.1, 0.15) is 11.5 Å². The standard InChI is InChI=1S/C17H14O3/c1-19-14-9-10-15(17(12-14)20-2)16(18)11-8-13-6-4-3-5-7-13/h3-7,9-10,12H,1-2H3. The maximum atomic E-state index is 12.1. The molecule has 0 heterocycles. The first-order chi connectivity index (χ1) is 9.74. The van der Waals surface area contributed by atoms with Crippen LogP contribution < -0.4 is 9.47 Å². The third kappa shape index (κ3) is 3.18. The van der Waals surface area contributed by atoms with Crippen LogP contribution >= 0.6 is 0 Å². The second-order valence-corrected chi connectivity index (χ2v) is 4.01. The third-order valence-corrected chi connectivity index (χ3v) is 2.75. The van der Waals surface area contributed by atoms with Crippen molar-refractivity contribution in [3.63, 3.8) is 0 Å². The Bertz CT molecular complexity index is 664. The highest BCUT2D eigenvalue weighted by Crippen LogP contribution is 2.24. The number of carbonyl (C=O) groups excluding carboxylic acids is 1. The lowest BCUT2D eigenvalue weighted by Crippen LogP contribution is -2.00. The summed E-state index contributed by atoms with van der Waals surface area (Å²) < 4.78 is 10.3. The van der Waals surface area contributed by atoms with Crippen molar-refractivity contribution in [1.82, 2.24) is 0 Å². The van der Waals surface area contributed by atoms with Gasteiger partial charge in [0.25, 0.3) is 0 Å². The lowest BCUT2D eigenvalue weighted by Gasteiger charge is -2.07. The van der Waals surface area contributed by atoms with Crippen LogP contribution in [0.15, 0.2) is 48.5 Å². The van der Waals surface area contributed by atoms with Crippen molar-refractivity contribution < 1.29 is 14.3 Å². The van der Waals surface area contributed by atoms with Gasteiger partial charge in [-0.25, -0.2) is 0 Å². The molecule has 0 amide bonds. The van der Waals surface area contributed by atoms with Crippen LogP contribution in [0.1, 0.15) is 15.9 Å². The molecule has 0 fully saturated rings. The fourth-order valence-electron chi connectivity index (χ4n) is 1.70. The van der Waals surface area contributed by atoms with Gasteiger partial charge in [0.05, 0.1) is 19.8 Å². The molecule has 0 unspecified atom stereocenters. The summed E-state index contributed by atoms with van der Waals surface area (Å²) in [6, 6.07) is 14.4. The summed E-state index contributed by atoms with van der Waals surface area (Å²) in [5.41, 5.74) is 1.23. The quantitative estimate of drug-likeness (QED) is 0.633. The maximum absolute atomic E-state index is 12.1. The molecule has 3 heteroatoms. The number of ketones is 1. The zero-order valence-electron chi connectivity index (χ0n) is 11.3. The first-order valence-electron chi connectivity index (χ1n) is 6.08. The number of hydrogen-bond acceptors (Lipinski definition) is 3. The molecule has 100 valence electrons. The van der Waals surface area contributed by atoms with Crippen molar-refractivity contribution in [3.8, 4) is 23.3 Å². The van der Waals surface area contributed by atoms with Crippen LogP contribution in [0.3, 0.4) is 0 Å². The van der Waals surface area contributed by atoms with E-state index in [2.05, 4.69) is 11.8 Å². The predicted molar refractivity (Wildman–Crippen MR) is 77.2 cm³/mol. The number of carbonyl (C=O) groups is 1. The second kappa shape index (κ2) is 6.44. The normalized spacial score (nSPS) is 9.30. The molecule has 0 atom stereocenters. The Morgan fingerprint density at radius 2 is 1.75 bits per heavy atom. The zero-order chi connectivity index (χ0) is 14.4. The van der Waals surface area contributed by atoms with Gasteiger partial charge in [0.2, 0.25) is 5.78 Å². The van der Waals surface area contributed by atoms with Crippen LogP contribution in [-0.2, 0) is 0 Å². The summed E-state index contributed by atoms with van der Waals surface area (Å²) in [6.45, 7) is 0. The molecular formula is C17H14O3. The molecule has 2 aromatic carbocycles. The van der Waals surface area contributed by atoms with Gasteiger partial charge in [-0.2, -0.15) is 0 Å². The highest BCUT2D eigenvalue weighted by Gasteiger charge is 2.11. The molecule has 0 bridgehead atoms. The molecule has 0 saturated heterocycles. The summed E-state index contributed by atoms with van der Waals surface area (Å²) in [4.78, 5) is 12.1. The molecule has 0 aliphatic heterocycles. The molecule has 0 spiro atoms. The minimum absolute atomic E-state index is 0.284. The Morgan fingerprint density at radius 3 is 2.40 bits per heavy atom. The highest BCUT2D eigenvalue weighted by atomic mass is 16.5. The molecule has 0 aliphatic carbocycles. The molecule has 3 nitrogen and oxygen atoms in total. The lowest BCUT2D eigenvalue weighted by atomic mass is 10.1. The fraction of sp³-hybridized carbons (Fsp3) is 0.118. The first kappa shape index (κ1) is 13.7. The molecule has 0 aromatic heterocycles. The molecule has 0 radical (unpaired) electrons. The monoisotopic (exact) mass is 266 g/mol. The summed E-state index contributed by atoms with van der Waals surface area (Å²) in [7, 11) is 3.07. The smallest absolute Gasteiger partial charge is 0.239 e. The van der Waals surface area contributed by atoms with E-state index in [-0.39, 0.29) is 5.78 Å². The highest BCUT2D eigenvalue weighted by molar-refractivity contribution is 6.11. The number of benzene rings is 2. The predicted octanol–water partition coefficient (Wildman–Crippen LogP) is 2.94. The number of methoxy groups -OCH3 is 2. The molecule has 2 aromatic rings. The average molecular weight is 266 g/mol. The summed E-state index contributed by atoms with van der Waals surface area (Å²) in [5, 5.41) is 0. The van der Waals surface area contributed by atoms with Gasteiger partial charge in [-0.1, -0.05) is 24.1 Å². The van der Waals surface area contributed by atoms with Crippen molar-refractivity contribution in [2.75, 3.05) is 14.2 Å². The van der Waals surface area contributed by atoms with Crippen LogP contribution in [0.4, 0.5) is 0 Å². The van der Waals surface area contributed by atoms with E-state index in [1.165, 1.54) is 7.11 Å². The Hall–Kier alpha value is -2.73. The topological polar surface area (TPSA) is 35.5 Å². The molecular weight excluding hydrogens is 252 g/mol. The molecule has 20 heavy (non-hydrogen) atoms. The number of Topliss-reactive ketones (excluding diaryl/α,β-unsaturated/α-hetero) is 1. The van der Waals surface area contributed by atoms with Gasteiger partial charge in [0.15, 0.2) is 0 Å². The molecule has 0 saturated carbocycles. The SMILES string of the molecule is COc1ccc(C(=O)C#Cc2ccccc2)c(OC)c1. The van der Waals surface area contributed by atoms with E-state index < -0.39 is 0 Å². The van der Waals surface area contributed by atoms with Gasteiger partial charge in [0, 0.05) is 11.6 Å². The minimum Gasteiger partial charge on any atom is -0.497 e. The lowest BCUT2D eigenvalue weighted by molar-refractivity contribution is 0.105. The van der Waals surface area contributed by atoms with E-state index in [0.29, 0.717) is 17.1 Å². The first-order valence-corrected chi connectivity index (χ1v) is 6.08. The Morgan fingerprint density at radius 1 is 1.00 bits per heavy atom. The fourth-order valence-corrected chi connectivity index (χ4v) is 1.70. The zero-order valence-corrected chi connectivity index (χ0v) is 11.3. The van der Waals surface area contributed by atoms with E-state index in [1.54, 1.807) is 25.3 Å². The van der Waals surface area contributed by atoms with Gasteiger partial charge in [-0.05, 0) is 30.2 Å². The average Bonchev–Trinajstić information content (AvgIpc) is 2.52. The van der Waals surface area contributed by atoms with Crippen molar-refractivity contribution in [3.05, 3.63) is 59.7 Å². The van der Waals surface area contributed by atoms with Crippen LogP contribution in [-0.4, -0.2) is 20.0 Å². The van der Waals surface area contributed by atoms with Gasteiger partial charge in [-0.15, -0.1) is 0 Å². The van der Waals surface area contributed by atoms with E-state index in [0.717, 1.165) is 5.56 Å². The molecule has 0 aliphatic rings. The minimum atomic E-state index is -0.284. The van der Waals surface area contributed by atoms with Gasteiger partial charge >= 0.3 is 0 Å². The van der Waals surface area contributed by atoms with E-state index in [9.17, 15) is 4.79 Å². The Kier molecular flexibility index (Phi) is 4.41. The Labute approximate surface area is 118 Å². The van der Waals surface area contributed by atoms with E-state index >= 15 is 0 Å². The van der Waals surface area contributed by atoms with Crippen molar-refractivity contribution in [2.45, 2.75) is 0 Å². The van der Waals surface area contributed by atoms with E-state index in [1.807, 2.05) is 30.3 Å². The van der Waals surface area contributed by atoms with E-state index in [4.69, 9.17) is 9.47 Å². The van der Waals surface area contributed by atoms with Crippen molar-refractivity contribution in [1.29, 1.82) is 0 Å². The van der Waals surface area contributed by atoms with Gasteiger partial charge < -0.3 is 9.47 Å². The largest absolute Gasteiger partial charge is 0.497 e. The molecule has 0 N–H and O–H groups in total. The van der Waals surface area contributed by atoms with Crippen LogP contribution in [0.2, 0.25) is 0 Å². The third-order valence-electron chi connectivity index (χ3n) is 2.75. The van der Waals surface area contributed by atoms with Crippen molar-refractivity contribution in [2.24, 2.45) is 0 Å². The van der Waals surface area contributed by atoms with Crippen LogP contribution in [0.5, 0.6) is 11.5 Å².